The summed E-state index contributed by atoms with van der Waals surface area (Å²) in [4.78, 5) is 0. The molecule has 0 atom stereocenters. The molecule has 4 rings (SSSR count). The second kappa shape index (κ2) is 9.12. The van der Waals surface area contributed by atoms with Crippen LogP contribution in [0.1, 0.15) is 31.2 Å². The highest BCUT2D eigenvalue weighted by Gasteiger charge is 2.34. The summed E-state index contributed by atoms with van der Waals surface area (Å²) in [5.41, 5.74) is 1.62. The predicted octanol–water partition coefficient (Wildman–Crippen LogP) is 4.18. The number of benzene rings is 2. The molecule has 1 aliphatic heterocycles. The highest BCUT2D eigenvalue weighted by Crippen LogP contribution is 2.33. The topological polar surface area (TPSA) is 24.1 Å². The minimum atomic E-state index is -0.140. The Morgan fingerprint density at radius 1 is 0.920 bits per heavy atom. The van der Waals surface area contributed by atoms with Gasteiger partial charge in [-0.3, -0.25) is 0 Å². The Morgan fingerprint density at radius 2 is 1.48 bits per heavy atom. The fourth-order valence-electron chi connectivity index (χ4n) is 3.44. The quantitative estimate of drug-likeness (QED) is 0.853. The molecule has 134 valence electrons. The van der Waals surface area contributed by atoms with Crippen LogP contribution < -0.4 is 10.6 Å². The summed E-state index contributed by atoms with van der Waals surface area (Å²) in [7, 11) is 0. The van der Waals surface area contributed by atoms with Gasteiger partial charge >= 0.3 is 0 Å². The monoisotopic (exact) mass is 340 g/mol. The summed E-state index contributed by atoms with van der Waals surface area (Å²) >= 11 is 0. The van der Waals surface area contributed by atoms with Crippen molar-refractivity contribution in [1.82, 2.24) is 10.6 Å². The molecule has 25 heavy (non-hydrogen) atoms. The first kappa shape index (κ1) is 18.1. The number of rotatable bonds is 5. The van der Waals surface area contributed by atoms with Crippen LogP contribution in [0.4, 0.5) is 4.39 Å². The molecule has 2 N–H and O–H groups in total. The van der Waals surface area contributed by atoms with Gasteiger partial charge in [0.1, 0.15) is 5.82 Å². The zero-order chi connectivity index (χ0) is 17.4. The summed E-state index contributed by atoms with van der Waals surface area (Å²) in [6.07, 6.45) is 6.17. The molecule has 0 aromatic heterocycles. The van der Waals surface area contributed by atoms with Crippen molar-refractivity contribution in [3.05, 3.63) is 72.0 Å². The Hall–Kier alpha value is -1.71. The van der Waals surface area contributed by atoms with E-state index in [1.807, 2.05) is 48.5 Å². The number of halogens is 1. The van der Waals surface area contributed by atoms with Crippen molar-refractivity contribution in [2.24, 2.45) is 5.41 Å². The molecule has 2 aromatic rings. The maximum Gasteiger partial charge on any atom is 0.123 e. The molecule has 3 heteroatoms. The van der Waals surface area contributed by atoms with Crippen molar-refractivity contribution in [2.45, 2.75) is 38.1 Å². The maximum absolute atomic E-state index is 13.0. The summed E-state index contributed by atoms with van der Waals surface area (Å²) in [6.45, 7) is 3.32. The second-order valence-electron chi connectivity index (χ2n) is 7.36. The first-order chi connectivity index (χ1) is 12.3. The summed E-state index contributed by atoms with van der Waals surface area (Å²) in [5.74, 6) is -0.140. The van der Waals surface area contributed by atoms with E-state index in [0.717, 1.165) is 32.1 Å². The zero-order valence-corrected chi connectivity index (χ0v) is 14.9. The van der Waals surface area contributed by atoms with Crippen LogP contribution in [0, 0.1) is 11.2 Å². The molecule has 1 heterocycles. The van der Waals surface area contributed by atoms with E-state index in [1.54, 1.807) is 12.1 Å². The molecule has 2 aromatic carbocycles. The van der Waals surface area contributed by atoms with E-state index in [2.05, 4.69) is 10.6 Å². The highest BCUT2D eigenvalue weighted by atomic mass is 19.1. The van der Waals surface area contributed by atoms with E-state index in [1.165, 1.54) is 31.2 Å². The van der Waals surface area contributed by atoms with Crippen LogP contribution in [0.5, 0.6) is 0 Å². The lowest BCUT2D eigenvalue weighted by Gasteiger charge is -2.38. The molecule has 2 fully saturated rings. The normalized spacial score (nSPS) is 18.9. The molecule has 2 nitrogen and oxygen atoms in total. The summed E-state index contributed by atoms with van der Waals surface area (Å²) < 4.78 is 13.0. The Labute approximate surface area is 150 Å². The largest absolute Gasteiger partial charge is 0.317 e. The van der Waals surface area contributed by atoms with E-state index < -0.39 is 0 Å². The van der Waals surface area contributed by atoms with Gasteiger partial charge in [0, 0.05) is 12.6 Å². The zero-order valence-electron chi connectivity index (χ0n) is 14.9. The number of piperidine rings is 1. The van der Waals surface area contributed by atoms with Gasteiger partial charge in [-0.05, 0) is 68.3 Å². The fourth-order valence-corrected chi connectivity index (χ4v) is 3.44. The fraction of sp³-hybridized carbons (Fsp3) is 0.455. The molecule has 0 radical (unpaired) electrons. The van der Waals surface area contributed by atoms with E-state index in [9.17, 15) is 4.39 Å². The molecule has 0 amide bonds. The van der Waals surface area contributed by atoms with E-state index in [4.69, 9.17) is 0 Å². The first-order valence-electron chi connectivity index (χ1n) is 9.44. The van der Waals surface area contributed by atoms with Gasteiger partial charge in [-0.1, -0.05) is 48.5 Å². The average Bonchev–Trinajstić information content (AvgIpc) is 3.50. The van der Waals surface area contributed by atoms with E-state index in [0.29, 0.717) is 5.41 Å². The number of nitrogens with one attached hydrogen (secondary N) is 2. The second-order valence-corrected chi connectivity index (χ2v) is 7.36. The van der Waals surface area contributed by atoms with Gasteiger partial charge in [0.05, 0.1) is 0 Å². The average molecular weight is 340 g/mol. The van der Waals surface area contributed by atoms with Gasteiger partial charge in [0.15, 0.2) is 0 Å². The number of hydrogen-bond donors (Lipinski definition) is 2. The highest BCUT2D eigenvalue weighted by molar-refractivity contribution is 5.18. The van der Waals surface area contributed by atoms with Crippen molar-refractivity contribution >= 4 is 0 Å². The Kier molecular flexibility index (Phi) is 6.60. The predicted molar refractivity (Wildman–Crippen MR) is 102 cm³/mol. The van der Waals surface area contributed by atoms with Gasteiger partial charge in [-0.25, -0.2) is 4.39 Å². The molecule has 0 spiro atoms. The van der Waals surface area contributed by atoms with Gasteiger partial charge in [-0.2, -0.15) is 0 Å². The van der Waals surface area contributed by atoms with Crippen LogP contribution >= 0.6 is 0 Å². The number of hydrogen-bond acceptors (Lipinski definition) is 2. The Morgan fingerprint density at radius 3 is 2.00 bits per heavy atom. The Balaban J connectivity index is 0.000000258. The standard InChI is InChI=1S/C16H23FN2.C6H6/c17-14-3-1-13(2-4-14)11-16(7-9-18-10-8-16)12-19-15-5-6-15;1-2-4-6-5-3-1/h1-4,15,18-19H,5-12H2;1-6H. The maximum atomic E-state index is 13.0. The van der Waals surface area contributed by atoms with E-state index in [-0.39, 0.29) is 5.82 Å². The van der Waals surface area contributed by atoms with Crippen molar-refractivity contribution in [3.63, 3.8) is 0 Å². The molecular formula is C22H29FN2. The molecule has 0 unspecified atom stereocenters. The summed E-state index contributed by atoms with van der Waals surface area (Å²) in [5, 5.41) is 7.15. The first-order valence-corrected chi connectivity index (χ1v) is 9.44. The SMILES string of the molecule is Fc1ccc(CC2(CNC3CC3)CCNCC2)cc1.c1ccccc1. The van der Waals surface area contributed by atoms with Crippen LogP contribution in [-0.4, -0.2) is 25.7 Å². The smallest absolute Gasteiger partial charge is 0.123 e. The summed E-state index contributed by atoms with van der Waals surface area (Å²) in [6, 6.07) is 19.8. The third-order valence-electron chi connectivity index (χ3n) is 5.17. The lowest BCUT2D eigenvalue weighted by Crippen LogP contribution is -2.45. The molecular weight excluding hydrogens is 311 g/mol. The van der Waals surface area contributed by atoms with Crippen LogP contribution in [0.15, 0.2) is 60.7 Å². The third-order valence-corrected chi connectivity index (χ3v) is 5.17. The minimum absolute atomic E-state index is 0.140. The van der Waals surface area contributed by atoms with Gasteiger partial charge in [-0.15, -0.1) is 0 Å². The molecule has 1 saturated carbocycles. The third kappa shape index (κ3) is 6.26. The van der Waals surface area contributed by atoms with Crippen LogP contribution in [-0.2, 0) is 6.42 Å². The van der Waals surface area contributed by atoms with Crippen LogP contribution in [0.3, 0.4) is 0 Å². The van der Waals surface area contributed by atoms with Gasteiger partial charge in [0.2, 0.25) is 0 Å². The minimum Gasteiger partial charge on any atom is -0.317 e. The van der Waals surface area contributed by atoms with Crippen LogP contribution in [0.2, 0.25) is 0 Å². The van der Waals surface area contributed by atoms with Gasteiger partial charge < -0.3 is 10.6 Å². The van der Waals surface area contributed by atoms with Crippen molar-refractivity contribution in [3.8, 4) is 0 Å². The van der Waals surface area contributed by atoms with Crippen molar-refractivity contribution in [1.29, 1.82) is 0 Å². The lowest BCUT2D eigenvalue weighted by atomic mass is 9.74. The van der Waals surface area contributed by atoms with Gasteiger partial charge in [0.25, 0.3) is 0 Å². The van der Waals surface area contributed by atoms with Crippen molar-refractivity contribution < 1.29 is 4.39 Å². The molecule has 2 aliphatic rings. The van der Waals surface area contributed by atoms with Crippen LogP contribution in [0.25, 0.3) is 0 Å². The molecule has 1 saturated heterocycles. The lowest BCUT2D eigenvalue weighted by molar-refractivity contribution is 0.191. The molecule has 0 bridgehead atoms. The Bertz CT molecular complexity index is 575. The van der Waals surface area contributed by atoms with E-state index >= 15 is 0 Å². The molecule has 1 aliphatic carbocycles. The van der Waals surface area contributed by atoms with Crippen molar-refractivity contribution in [2.75, 3.05) is 19.6 Å².